The van der Waals surface area contributed by atoms with Crippen LogP contribution < -0.4 is 0 Å². The van der Waals surface area contributed by atoms with E-state index in [4.69, 9.17) is 0 Å². The van der Waals surface area contributed by atoms with Crippen molar-refractivity contribution in [2.75, 3.05) is 0 Å². The number of carbonyl (C=O) groups excluding carboxylic acids is 1. The van der Waals surface area contributed by atoms with Gasteiger partial charge in [-0.3, -0.25) is 4.79 Å². The number of benzene rings is 1. The van der Waals surface area contributed by atoms with Gasteiger partial charge in [0.05, 0.1) is 12.1 Å². The Bertz CT molecular complexity index is 510. The molecule has 0 atom stereocenters. The maximum Gasteiger partial charge on any atom is 0.152 e. The molecule has 0 fully saturated rings. The fraction of sp³-hybridized carbons (Fsp3) is 0.357. The highest BCUT2D eigenvalue weighted by molar-refractivity contribution is 5.86. The highest BCUT2D eigenvalue weighted by Gasteiger charge is 2.07. The molecular formula is C14H17NO. The molecule has 0 aliphatic rings. The monoisotopic (exact) mass is 215 g/mol. The molecular weight excluding hydrogens is 198 g/mol. The Balaban J connectivity index is 2.49. The predicted molar refractivity (Wildman–Crippen MR) is 66.6 cm³/mol. The van der Waals surface area contributed by atoms with E-state index < -0.39 is 0 Å². The number of carbonyl (C=O) groups is 1. The molecule has 0 bridgehead atoms. The lowest BCUT2D eigenvalue weighted by molar-refractivity contribution is -0.119. The molecule has 0 unspecified atom stereocenters. The van der Waals surface area contributed by atoms with Crippen molar-refractivity contribution in [3.05, 3.63) is 36.0 Å². The second-order valence-corrected chi connectivity index (χ2v) is 4.04. The number of aryl methyl sites for hydroxylation is 1. The van der Waals surface area contributed by atoms with Gasteiger partial charge in [0.2, 0.25) is 0 Å². The molecule has 1 heterocycles. The summed E-state index contributed by atoms with van der Waals surface area (Å²) in [5.41, 5.74) is 2.53. The van der Waals surface area contributed by atoms with Gasteiger partial charge in [0, 0.05) is 12.6 Å². The molecule has 2 aromatic rings. The molecule has 2 heteroatoms. The molecule has 84 valence electrons. The van der Waals surface area contributed by atoms with E-state index in [1.807, 2.05) is 13.1 Å². The van der Waals surface area contributed by atoms with Crippen LogP contribution in [0.2, 0.25) is 0 Å². The van der Waals surface area contributed by atoms with Crippen LogP contribution in [0.3, 0.4) is 0 Å². The van der Waals surface area contributed by atoms with Crippen molar-refractivity contribution in [3.8, 4) is 0 Å². The molecule has 0 spiro atoms. The SMILES string of the molecule is CCC(=O)Cn1ccc2cccc(CC)c21. The largest absolute Gasteiger partial charge is 0.340 e. The third-order valence-corrected chi connectivity index (χ3v) is 2.99. The first-order valence-corrected chi connectivity index (χ1v) is 5.84. The number of rotatable bonds is 4. The van der Waals surface area contributed by atoms with Crippen LogP contribution in [0.1, 0.15) is 25.8 Å². The summed E-state index contributed by atoms with van der Waals surface area (Å²) in [5.74, 6) is 0.281. The molecule has 1 aromatic carbocycles. The number of nitrogens with zero attached hydrogens (tertiary/aromatic N) is 1. The van der Waals surface area contributed by atoms with E-state index in [0.717, 1.165) is 6.42 Å². The van der Waals surface area contributed by atoms with Crippen molar-refractivity contribution in [1.82, 2.24) is 4.57 Å². The van der Waals surface area contributed by atoms with E-state index in [1.165, 1.54) is 16.5 Å². The molecule has 0 aliphatic heterocycles. The number of hydrogen-bond acceptors (Lipinski definition) is 1. The van der Waals surface area contributed by atoms with Gasteiger partial charge in [-0.1, -0.05) is 32.0 Å². The minimum Gasteiger partial charge on any atom is -0.340 e. The molecule has 0 aliphatic carbocycles. The van der Waals surface area contributed by atoms with E-state index in [-0.39, 0.29) is 5.78 Å². The van der Waals surface area contributed by atoms with Crippen LogP contribution in [0.5, 0.6) is 0 Å². The van der Waals surface area contributed by atoms with Gasteiger partial charge < -0.3 is 4.57 Å². The minimum absolute atomic E-state index is 0.281. The van der Waals surface area contributed by atoms with Crippen LogP contribution in [0.15, 0.2) is 30.5 Å². The molecule has 0 saturated carbocycles. The van der Waals surface area contributed by atoms with Gasteiger partial charge in [-0.2, -0.15) is 0 Å². The summed E-state index contributed by atoms with van der Waals surface area (Å²) in [6.45, 7) is 4.56. The van der Waals surface area contributed by atoms with Gasteiger partial charge in [-0.25, -0.2) is 0 Å². The first-order valence-electron chi connectivity index (χ1n) is 5.84. The number of ketones is 1. The van der Waals surface area contributed by atoms with Gasteiger partial charge in [0.1, 0.15) is 0 Å². The summed E-state index contributed by atoms with van der Waals surface area (Å²) in [7, 11) is 0. The van der Waals surface area contributed by atoms with Crippen molar-refractivity contribution in [2.45, 2.75) is 33.2 Å². The molecule has 0 amide bonds. The Morgan fingerprint density at radius 3 is 2.75 bits per heavy atom. The van der Waals surface area contributed by atoms with E-state index in [1.54, 1.807) is 0 Å². The Morgan fingerprint density at radius 2 is 2.06 bits per heavy atom. The smallest absolute Gasteiger partial charge is 0.152 e. The second-order valence-electron chi connectivity index (χ2n) is 4.04. The third kappa shape index (κ3) is 1.87. The number of hydrogen-bond donors (Lipinski definition) is 0. The lowest BCUT2D eigenvalue weighted by Crippen LogP contribution is -2.08. The highest BCUT2D eigenvalue weighted by Crippen LogP contribution is 2.20. The number of para-hydroxylation sites is 1. The van der Waals surface area contributed by atoms with E-state index in [9.17, 15) is 4.79 Å². The quantitative estimate of drug-likeness (QED) is 0.767. The summed E-state index contributed by atoms with van der Waals surface area (Å²) in [6.07, 6.45) is 3.62. The van der Waals surface area contributed by atoms with Crippen LogP contribution in [-0.2, 0) is 17.8 Å². The van der Waals surface area contributed by atoms with Crippen LogP contribution in [0.4, 0.5) is 0 Å². The van der Waals surface area contributed by atoms with E-state index in [2.05, 4.69) is 35.8 Å². The van der Waals surface area contributed by atoms with Crippen molar-refractivity contribution in [1.29, 1.82) is 0 Å². The molecule has 2 nitrogen and oxygen atoms in total. The summed E-state index contributed by atoms with van der Waals surface area (Å²) in [6, 6.07) is 8.39. The van der Waals surface area contributed by atoms with Gasteiger partial charge in [0.25, 0.3) is 0 Å². The lowest BCUT2D eigenvalue weighted by Gasteiger charge is -2.07. The first-order chi connectivity index (χ1) is 7.76. The van der Waals surface area contributed by atoms with Crippen molar-refractivity contribution < 1.29 is 4.79 Å². The maximum atomic E-state index is 11.5. The van der Waals surface area contributed by atoms with Gasteiger partial charge in [-0.15, -0.1) is 0 Å². The van der Waals surface area contributed by atoms with Crippen LogP contribution in [0.25, 0.3) is 10.9 Å². The summed E-state index contributed by atoms with van der Waals surface area (Å²) >= 11 is 0. The first kappa shape index (κ1) is 10.9. The maximum absolute atomic E-state index is 11.5. The topological polar surface area (TPSA) is 22.0 Å². The molecule has 0 saturated heterocycles. The third-order valence-electron chi connectivity index (χ3n) is 2.99. The Morgan fingerprint density at radius 1 is 1.25 bits per heavy atom. The Labute approximate surface area is 95.9 Å². The van der Waals surface area contributed by atoms with Crippen LogP contribution in [-0.4, -0.2) is 10.4 Å². The van der Waals surface area contributed by atoms with Crippen LogP contribution in [0, 0.1) is 0 Å². The fourth-order valence-electron chi connectivity index (χ4n) is 2.06. The van der Waals surface area contributed by atoms with Gasteiger partial charge >= 0.3 is 0 Å². The number of fused-ring (bicyclic) bond motifs is 1. The second kappa shape index (κ2) is 4.52. The zero-order valence-corrected chi connectivity index (χ0v) is 9.86. The van der Waals surface area contributed by atoms with Crippen LogP contribution >= 0.6 is 0 Å². The Kier molecular flexibility index (Phi) is 3.09. The average Bonchev–Trinajstić information content (AvgIpc) is 2.72. The van der Waals surface area contributed by atoms with E-state index in [0.29, 0.717) is 13.0 Å². The summed E-state index contributed by atoms with van der Waals surface area (Å²) in [4.78, 5) is 11.5. The fourth-order valence-corrected chi connectivity index (χ4v) is 2.06. The highest BCUT2D eigenvalue weighted by atomic mass is 16.1. The molecule has 1 aromatic heterocycles. The van der Waals surface area contributed by atoms with Crippen molar-refractivity contribution in [2.24, 2.45) is 0 Å². The minimum atomic E-state index is 0.281. The summed E-state index contributed by atoms with van der Waals surface area (Å²) < 4.78 is 2.07. The van der Waals surface area contributed by atoms with Crippen molar-refractivity contribution >= 4 is 16.7 Å². The molecule has 16 heavy (non-hydrogen) atoms. The molecule has 2 rings (SSSR count). The zero-order valence-electron chi connectivity index (χ0n) is 9.86. The Hall–Kier alpha value is -1.57. The summed E-state index contributed by atoms with van der Waals surface area (Å²) in [5, 5.41) is 1.23. The molecule has 0 radical (unpaired) electrons. The van der Waals surface area contributed by atoms with Gasteiger partial charge in [0.15, 0.2) is 5.78 Å². The normalized spacial score (nSPS) is 10.9. The average molecular weight is 215 g/mol. The predicted octanol–water partition coefficient (Wildman–Crippen LogP) is 3.18. The van der Waals surface area contributed by atoms with Crippen molar-refractivity contribution in [3.63, 3.8) is 0 Å². The van der Waals surface area contributed by atoms with E-state index >= 15 is 0 Å². The number of aromatic nitrogens is 1. The van der Waals surface area contributed by atoms with Gasteiger partial charge in [-0.05, 0) is 23.4 Å². The standard InChI is InChI=1S/C14H17NO/c1-3-11-6-5-7-12-8-9-15(14(11)12)10-13(16)4-2/h5-9H,3-4,10H2,1-2H3. The molecule has 0 N–H and O–H groups in total. The number of Topliss-reactive ketones (excluding diaryl/α,β-unsaturated/α-hetero) is 1. The zero-order chi connectivity index (χ0) is 11.5. The lowest BCUT2D eigenvalue weighted by atomic mass is 10.1.